The molecule has 23 heavy (non-hydrogen) atoms. The Morgan fingerprint density at radius 2 is 2.17 bits per heavy atom. The molecule has 1 aromatic carbocycles. The molecule has 1 aliphatic heterocycles. The van der Waals surface area contributed by atoms with Crippen LogP contribution >= 0.6 is 0 Å². The van der Waals surface area contributed by atoms with Crippen molar-refractivity contribution in [3.8, 4) is 11.8 Å². The lowest BCUT2D eigenvalue weighted by molar-refractivity contribution is 0.0733. The van der Waals surface area contributed by atoms with Crippen molar-refractivity contribution in [3.05, 3.63) is 59.4 Å². The van der Waals surface area contributed by atoms with E-state index < -0.39 is 0 Å². The minimum Gasteiger partial charge on any atom is -0.496 e. The predicted molar refractivity (Wildman–Crippen MR) is 85.0 cm³/mol. The van der Waals surface area contributed by atoms with Crippen molar-refractivity contribution < 1.29 is 9.53 Å². The number of nitrogens with zero attached hydrogens (tertiary/aromatic N) is 3. The zero-order valence-electron chi connectivity index (χ0n) is 12.9. The van der Waals surface area contributed by atoms with Gasteiger partial charge in [-0.15, -0.1) is 0 Å². The molecule has 5 heteroatoms. The molecule has 2 aromatic rings. The lowest BCUT2D eigenvalue weighted by Crippen LogP contribution is -2.30. The molecule has 3 rings (SSSR count). The highest BCUT2D eigenvalue weighted by atomic mass is 16.5. The van der Waals surface area contributed by atoms with Gasteiger partial charge >= 0.3 is 0 Å². The molecule has 1 unspecified atom stereocenters. The second-order valence-electron chi connectivity index (χ2n) is 5.44. The highest BCUT2D eigenvalue weighted by molar-refractivity contribution is 5.94. The van der Waals surface area contributed by atoms with Crippen molar-refractivity contribution in [1.82, 2.24) is 9.88 Å². The fourth-order valence-corrected chi connectivity index (χ4v) is 3.03. The molecule has 1 saturated heterocycles. The first-order chi connectivity index (χ1) is 11.2. The van der Waals surface area contributed by atoms with E-state index in [0.29, 0.717) is 17.8 Å². The largest absolute Gasteiger partial charge is 0.496 e. The number of amides is 1. The standard InChI is InChI=1S/C18H17N3O2/c1-23-17-7-3-2-5-15(17)16-6-4-10-21(16)18(22)13-8-9-14(11-19)20-12-13/h2-3,5,7-9,12,16H,4,6,10H2,1H3. The van der Waals surface area contributed by atoms with Crippen LogP contribution < -0.4 is 4.74 Å². The number of aromatic nitrogens is 1. The van der Waals surface area contributed by atoms with Gasteiger partial charge < -0.3 is 9.64 Å². The monoisotopic (exact) mass is 307 g/mol. The smallest absolute Gasteiger partial charge is 0.255 e. The van der Waals surface area contributed by atoms with Crippen molar-refractivity contribution in [2.75, 3.05) is 13.7 Å². The number of methoxy groups -OCH3 is 1. The summed E-state index contributed by atoms with van der Waals surface area (Å²) in [6.07, 6.45) is 3.34. The zero-order chi connectivity index (χ0) is 16.2. The third-order valence-electron chi connectivity index (χ3n) is 4.14. The topological polar surface area (TPSA) is 66.2 Å². The lowest BCUT2D eigenvalue weighted by Gasteiger charge is -2.26. The highest BCUT2D eigenvalue weighted by Gasteiger charge is 2.32. The van der Waals surface area contributed by atoms with Crippen molar-refractivity contribution in [2.24, 2.45) is 0 Å². The third kappa shape index (κ3) is 2.88. The van der Waals surface area contributed by atoms with E-state index in [0.717, 1.165) is 24.2 Å². The van der Waals surface area contributed by atoms with Crippen molar-refractivity contribution in [2.45, 2.75) is 18.9 Å². The normalized spacial score (nSPS) is 16.9. The second-order valence-corrected chi connectivity index (χ2v) is 5.44. The van der Waals surface area contributed by atoms with Crippen LogP contribution in [0.1, 0.15) is 40.5 Å². The minimum atomic E-state index is -0.0598. The van der Waals surface area contributed by atoms with Gasteiger partial charge in [0, 0.05) is 18.3 Å². The van der Waals surface area contributed by atoms with Crippen LogP contribution in [0.5, 0.6) is 5.75 Å². The van der Waals surface area contributed by atoms with Crippen LogP contribution in [-0.4, -0.2) is 29.4 Å². The Hall–Kier alpha value is -2.87. The minimum absolute atomic E-state index is 0.00860. The number of nitriles is 1. The summed E-state index contributed by atoms with van der Waals surface area (Å²) in [6.45, 7) is 0.710. The molecule has 1 atom stereocenters. The number of para-hydroxylation sites is 1. The summed E-state index contributed by atoms with van der Waals surface area (Å²) >= 11 is 0. The van der Waals surface area contributed by atoms with E-state index in [9.17, 15) is 4.79 Å². The number of rotatable bonds is 3. The maximum absolute atomic E-state index is 12.8. The lowest BCUT2D eigenvalue weighted by atomic mass is 10.0. The molecule has 2 heterocycles. The van der Waals surface area contributed by atoms with Gasteiger partial charge in [0.2, 0.25) is 0 Å². The average Bonchev–Trinajstić information content (AvgIpc) is 3.10. The van der Waals surface area contributed by atoms with Crippen LogP contribution in [0.15, 0.2) is 42.6 Å². The van der Waals surface area contributed by atoms with Gasteiger partial charge in [-0.25, -0.2) is 4.98 Å². The van der Waals surface area contributed by atoms with Gasteiger partial charge in [0.25, 0.3) is 5.91 Å². The number of carbonyl (C=O) groups is 1. The van der Waals surface area contributed by atoms with Crippen molar-refractivity contribution in [3.63, 3.8) is 0 Å². The van der Waals surface area contributed by atoms with Gasteiger partial charge in [-0.3, -0.25) is 4.79 Å². The molecule has 0 radical (unpaired) electrons. The molecular weight excluding hydrogens is 290 g/mol. The summed E-state index contributed by atoms with van der Waals surface area (Å²) in [5, 5.41) is 8.81. The molecule has 1 amide bonds. The Morgan fingerprint density at radius 1 is 1.35 bits per heavy atom. The first-order valence-corrected chi connectivity index (χ1v) is 7.54. The maximum Gasteiger partial charge on any atom is 0.255 e. The summed E-state index contributed by atoms with van der Waals surface area (Å²) in [5.74, 6) is 0.741. The number of hydrogen-bond donors (Lipinski definition) is 0. The van der Waals surface area contributed by atoms with Crippen LogP contribution in [0.4, 0.5) is 0 Å². The summed E-state index contributed by atoms with van der Waals surface area (Å²) in [4.78, 5) is 18.6. The Kier molecular flexibility index (Phi) is 4.24. The van der Waals surface area contributed by atoms with Crippen LogP contribution in [0.2, 0.25) is 0 Å². The number of likely N-dealkylation sites (tertiary alicyclic amines) is 1. The molecule has 0 N–H and O–H groups in total. The third-order valence-corrected chi connectivity index (χ3v) is 4.14. The first kappa shape index (κ1) is 15.0. The molecule has 0 aliphatic carbocycles. The van der Waals surface area contributed by atoms with E-state index in [1.807, 2.05) is 35.2 Å². The summed E-state index contributed by atoms with van der Waals surface area (Å²) < 4.78 is 5.44. The molecule has 1 fully saturated rings. The van der Waals surface area contributed by atoms with Gasteiger partial charge in [-0.05, 0) is 31.0 Å². The predicted octanol–water partition coefficient (Wildman–Crippen LogP) is 2.94. The molecule has 1 aliphatic rings. The Labute approximate surface area is 135 Å². The van der Waals surface area contributed by atoms with Crippen molar-refractivity contribution in [1.29, 1.82) is 5.26 Å². The maximum atomic E-state index is 12.8. The molecule has 116 valence electrons. The fraction of sp³-hybridized carbons (Fsp3) is 0.278. The molecule has 0 bridgehead atoms. The molecule has 0 spiro atoms. The summed E-state index contributed by atoms with van der Waals surface area (Å²) in [7, 11) is 1.64. The zero-order valence-corrected chi connectivity index (χ0v) is 12.9. The first-order valence-electron chi connectivity index (χ1n) is 7.54. The van der Waals surface area contributed by atoms with Crippen molar-refractivity contribution >= 4 is 5.91 Å². The van der Waals surface area contributed by atoms with Crippen LogP contribution in [0.3, 0.4) is 0 Å². The van der Waals surface area contributed by atoms with Gasteiger partial charge in [0.15, 0.2) is 0 Å². The van der Waals surface area contributed by atoms with Gasteiger partial charge in [0.1, 0.15) is 17.5 Å². The van der Waals surface area contributed by atoms with E-state index in [-0.39, 0.29) is 11.9 Å². The number of ether oxygens (including phenoxy) is 1. The molecule has 0 saturated carbocycles. The number of hydrogen-bond acceptors (Lipinski definition) is 4. The van der Waals surface area contributed by atoms with Crippen LogP contribution in [-0.2, 0) is 0 Å². The van der Waals surface area contributed by atoms with E-state index in [4.69, 9.17) is 10.00 Å². The van der Waals surface area contributed by atoms with Crippen LogP contribution in [0, 0.1) is 11.3 Å². The van der Waals surface area contributed by atoms with E-state index in [1.165, 1.54) is 6.20 Å². The number of benzene rings is 1. The van der Waals surface area contributed by atoms with Crippen LogP contribution in [0.25, 0.3) is 0 Å². The van der Waals surface area contributed by atoms with Gasteiger partial charge in [0.05, 0.1) is 18.7 Å². The van der Waals surface area contributed by atoms with E-state index in [1.54, 1.807) is 19.2 Å². The molecule has 1 aromatic heterocycles. The Bertz CT molecular complexity index is 750. The molecular formula is C18H17N3O2. The Morgan fingerprint density at radius 3 is 2.87 bits per heavy atom. The summed E-state index contributed by atoms with van der Waals surface area (Å²) in [6, 6.07) is 13.0. The number of pyridine rings is 1. The van der Waals surface area contributed by atoms with E-state index >= 15 is 0 Å². The molecule has 5 nitrogen and oxygen atoms in total. The van der Waals surface area contributed by atoms with Gasteiger partial charge in [-0.2, -0.15) is 5.26 Å². The van der Waals surface area contributed by atoms with E-state index in [2.05, 4.69) is 4.98 Å². The van der Waals surface area contributed by atoms with Gasteiger partial charge in [-0.1, -0.05) is 18.2 Å². The Balaban J connectivity index is 1.89. The fourth-order valence-electron chi connectivity index (χ4n) is 3.03. The SMILES string of the molecule is COc1ccccc1C1CCCN1C(=O)c1ccc(C#N)nc1. The highest BCUT2D eigenvalue weighted by Crippen LogP contribution is 2.37. The average molecular weight is 307 g/mol. The quantitative estimate of drug-likeness (QED) is 0.874. The number of carbonyl (C=O) groups excluding carboxylic acids is 1. The second kappa shape index (κ2) is 6.49. The summed E-state index contributed by atoms with van der Waals surface area (Å²) in [5.41, 5.74) is 1.84.